The molecule has 0 N–H and O–H groups in total. The number of rotatable bonds is 8. The van der Waals surface area contributed by atoms with Gasteiger partial charge in [-0.25, -0.2) is 13.2 Å². The van der Waals surface area contributed by atoms with Crippen molar-refractivity contribution >= 4 is 28.9 Å². The van der Waals surface area contributed by atoms with Crippen molar-refractivity contribution in [1.29, 1.82) is 0 Å². The van der Waals surface area contributed by atoms with E-state index in [1.165, 1.54) is 20.8 Å². The third kappa shape index (κ3) is 4.49. The van der Waals surface area contributed by atoms with Crippen LogP contribution in [0.15, 0.2) is 12.2 Å². The molecule has 0 aromatic carbocycles. The molecule has 2 bridgehead atoms. The molecule has 0 aromatic heterocycles. The molecule has 2 fully saturated rings. The van der Waals surface area contributed by atoms with Crippen LogP contribution in [0.25, 0.3) is 0 Å². The van der Waals surface area contributed by atoms with E-state index in [0.717, 1.165) is 0 Å². The first kappa shape index (κ1) is 21.4. The summed E-state index contributed by atoms with van der Waals surface area (Å²) in [5.74, 6) is -1.73. The van der Waals surface area contributed by atoms with Gasteiger partial charge in [0.1, 0.15) is 18.8 Å². The molecule has 0 spiro atoms. The van der Waals surface area contributed by atoms with Crippen LogP contribution in [0.3, 0.4) is 0 Å². The van der Waals surface area contributed by atoms with Crippen LogP contribution in [-0.2, 0) is 43.8 Å². The lowest BCUT2D eigenvalue weighted by Gasteiger charge is -2.39. The summed E-state index contributed by atoms with van der Waals surface area (Å²) in [6.45, 7) is 7.35. The molecule has 0 aromatic rings. The van der Waals surface area contributed by atoms with Gasteiger partial charge >= 0.3 is 17.9 Å². The minimum Gasteiger partial charge on any atom is -0.465 e. The van der Waals surface area contributed by atoms with Gasteiger partial charge in [0.05, 0.1) is 6.61 Å². The summed E-state index contributed by atoms with van der Waals surface area (Å²) in [6, 6.07) is 0. The van der Waals surface area contributed by atoms with Gasteiger partial charge in [0.2, 0.25) is 0 Å². The minimum absolute atomic E-state index is 0.0617. The predicted molar refractivity (Wildman–Crippen MR) is 91.9 cm³/mol. The molecule has 2 aliphatic rings. The van der Waals surface area contributed by atoms with E-state index in [4.69, 9.17) is 18.4 Å². The molecule has 0 heterocycles. The van der Waals surface area contributed by atoms with Crippen LogP contribution in [0.5, 0.6) is 0 Å². The summed E-state index contributed by atoms with van der Waals surface area (Å²) in [7, 11) is -3.25. The normalized spacial score (nSPS) is 31.6. The zero-order chi connectivity index (χ0) is 20.4. The molecule has 2 aliphatic carbocycles. The quantitative estimate of drug-likeness (QED) is 0.269. The Kier molecular flexibility index (Phi) is 6.31. The lowest BCUT2D eigenvalue weighted by molar-refractivity contribution is -0.170. The van der Waals surface area contributed by atoms with Crippen molar-refractivity contribution < 1.29 is 41.2 Å². The number of esters is 3. The topological polar surface area (TPSA) is 122 Å². The van der Waals surface area contributed by atoms with Crippen molar-refractivity contribution in [3.05, 3.63) is 12.2 Å². The van der Waals surface area contributed by atoms with Gasteiger partial charge in [-0.05, 0) is 26.2 Å². The Morgan fingerprint density at radius 1 is 0.963 bits per heavy atom. The Labute approximate surface area is 159 Å². The first-order valence-electron chi connectivity index (χ1n) is 8.46. The van der Waals surface area contributed by atoms with Crippen LogP contribution in [0.4, 0.5) is 0 Å². The summed E-state index contributed by atoms with van der Waals surface area (Å²) >= 11 is 0. The van der Waals surface area contributed by atoms with E-state index in [9.17, 15) is 22.8 Å². The van der Waals surface area contributed by atoms with Gasteiger partial charge in [-0.15, -0.1) is 0 Å². The molecule has 0 radical (unpaired) electrons. The first-order valence-corrected chi connectivity index (χ1v) is 9.55. The third-order valence-corrected chi connectivity index (χ3v) is 5.61. The predicted octanol–water partition coefficient (Wildman–Crippen LogP) is 0.682. The van der Waals surface area contributed by atoms with Crippen molar-refractivity contribution in [3.63, 3.8) is 0 Å². The molecule has 0 amide bonds. The van der Waals surface area contributed by atoms with Gasteiger partial charge in [-0.2, -0.15) is 0 Å². The summed E-state index contributed by atoms with van der Waals surface area (Å²) in [4.78, 5) is 34.8. The van der Waals surface area contributed by atoms with E-state index < -0.39 is 51.9 Å². The van der Waals surface area contributed by atoms with Crippen LogP contribution in [0, 0.1) is 10.8 Å². The second-order valence-electron chi connectivity index (χ2n) is 7.32. The van der Waals surface area contributed by atoms with Crippen LogP contribution in [0.2, 0.25) is 0 Å². The highest BCUT2D eigenvalue weighted by Crippen LogP contribution is 2.63. The molecule has 2 saturated carbocycles. The largest absolute Gasteiger partial charge is 0.465 e. The Morgan fingerprint density at radius 2 is 1.44 bits per heavy atom. The number of carbonyl (C=O) groups excluding carboxylic acids is 3. The molecule has 0 saturated heterocycles. The highest BCUT2D eigenvalue weighted by Gasteiger charge is 2.69. The maximum absolute atomic E-state index is 12.1. The van der Waals surface area contributed by atoms with E-state index in [1.807, 2.05) is 0 Å². The Balaban J connectivity index is 2.41. The molecule has 4 atom stereocenters. The van der Waals surface area contributed by atoms with E-state index in [0.29, 0.717) is 19.3 Å². The SMILES string of the molecule is C=C(C)C(=O)OC1C(O[SH](=O)=O)C2(COC(C)=O)CCC1(COC(C)=O)C2. The number of hydrogen-bond acceptors (Lipinski definition) is 9. The lowest BCUT2D eigenvalue weighted by atomic mass is 9.78. The van der Waals surface area contributed by atoms with Gasteiger partial charge in [0.25, 0.3) is 11.0 Å². The molecule has 9 nitrogen and oxygen atoms in total. The molecule has 2 rings (SSSR count). The van der Waals surface area contributed by atoms with Crippen LogP contribution >= 0.6 is 0 Å². The molecular formula is C17H24O9S. The average molecular weight is 404 g/mol. The van der Waals surface area contributed by atoms with Gasteiger partial charge in [-0.1, -0.05) is 6.58 Å². The van der Waals surface area contributed by atoms with E-state index >= 15 is 0 Å². The lowest BCUT2D eigenvalue weighted by Crippen LogP contribution is -2.50. The molecular weight excluding hydrogens is 380 g/mol. The number of thiol groups is 1. The van der Waals surface area contributed by atoms with Crippen molar-refractivity contribution in [3.8, 4) is 0 Å². The van der Waals surface area contributed by atoms with Crippen molar-refractivity contribution in [2.75, 3.05) is 13.2 Å². The van der Waals surface area contributed by atoms with Gasteiger partial charge in [0.15, 0.2) is 0 Å². The number of ether oxygens (including phenoxy) is 3. The molecule has 27 heavy (non-hydrogen) atoms. The van der Waals surface area contributed by atoms with Crippen molar-refractivity contribution in [2.24, 2.45) is 10.8 Å². The monoisotopic (exact) mass is 404 g/mol. The summed E-state index contributed by atoms with van der Waals surface area (Å²) in [5.41, 5.74) is -1.55. The summed E-state index contributed by atoms with van der Waals surface area (Å²) in [5, 5.41) is 0. The maximum Gasteiger partial charge on any atom is 0.333 e. The Hall–Kier alpha value is -1.94. The fourth-order valence-electron chi connectivity index (χ4n) is 4.07. The van der Waals surface area contributed by atoms with Crippen LogP contribution < -0.4 is 0 Å². The smallest absolute Gasteiger partial charge is 0.333 e. The van der Waals surface area contributed by atoms with Gasteiger partial charge in [-0.3, -0.25) is 13.8 Å². The highest BCUT2D eigenvalue weighted by atomic mass is 32.2. The number of fused-ring (bicyclic) bond motifs is 2. The average Bonchev–Trinajstić information content (AvgIpc) is 3.05. The second-order valence-corrected chi connectivity index (χ2v) is 7.98. The molecule has 4 unspecified atom stereocenters. The van der Waals surface area contributed by atoms with Gasteiger partial charge in [0, 0.05) is 30.3 Å². The molecule has 10 heteroatoms. The fourth-order valence-corrected chi connectivity index (χ4v) is 4.59. The molecule has 152 valence electrons. The summed E-state index contributed by atoms with van der Waals surface area (Å²) in [6.07, 6.45) is -0.756. The van der Waals surface area contributed by atoms with Gasteiger partial charge < -0.3 is 14.2 Å². The molecule has 0 aliphatic heterocycles. The van der Waals surface area contributed by atoms with Crippen molar-refractivity contribution in [2.45, 2.75) is 52.2 Å². The number of hydrogen-bond donors (Lipinski definition) is 1. The maximum atomic E-state index is 12.1. The first-order chi connectivity index (χ1) is 12.5. The highest BCUT2D eigenvalue weighted by molar-refractivity contribution is 7.67. The third-order valence-electron chi connectivity index (χ3n) is 5.21. The second kappa shape index (κ2) is 7.97. The zero-order valence-corrected chi connectivity index (χ0v) is 16.4. The van der Waals surface area contributed by atoms with Crippen LogP contribution in [0.1, 0.15) is 40.0 Å². The van der Waals surface area contributed by atoms with E-state index in [-0.39, 0.29) is 18.8 Å². The number of carbonyl (C=O) groups is 3. The van der Waals surface area contributed by atoms with Crippen molar-refractivity contribution in [1.82, 2.24) is 0 Å². The standard InChI is InChI=1S/C17H24O9S/c1-10(2)15(20)25-13-14(26-27(21)22)17(9-24-12(4)19)6-5-16(13,7-17)8-23-11(3)18/h13-14,27H,1,5-9H2,2-4H3. The van der Waals surface area contributed by atoms with E-state index in [1.54, 1.807) is 0 Å². The fraction of sp³-hybridized carbons (Fsp3) is 0.706. The van der Waals surface area contributed by atoms with Crippen LogP contribution in [-0.4, -0.2) is 51.7 Å². The summed E-state index contributed by atoms with van der Waals surface area (Å²) < 4.78 is 43.6. The Morgan fingerprint density at radius 3 is 1.85 bits per heavy atom. The van der Waals surface area contributed by atoms with E-state index in [2.05, 4.69) is 6.58 Å². The zero-order valence-electron chi connectivity index (χ0n) is 15.5. The Bertz CT molecular complexity index is 720. The minimum atomic E-state index is -3.25.